The molecule has 0 aromatic heterocycles. The molecule has 2 aliphatic rings. The lowest BCUT2D eigenvalue weighted by Crippen LogP contribution is -2.34. The van der Waals surface area contributed by atoms with E-state index in [1.54, 1.807) is 12.1 Å². The van der Waals surface area contributed by atoms with Crippen LogP contribution in [0, 0.1) is 11.3 Å². The largest absolute Gasteiger partial charge is 0.342 e. The first kappa shape index (κ1) is 12.7. The van der Waals surface area contributed by atoms with Crippen LogP contribution in [0.15, 0.2) is 38.2 Å². The summed E-state index contributed by atoms with van der Waals surface area (Å²) in [6.07, 6.45) is 2.58. The van der Waals surface area contributed by atoms with Crippen LogP contribution in [-0.2, 0) is 9.84 Å². The van der Waals surface area contributed by atoms with E-state index in [0.29, 0.717) is 17.8 Å². The van der Waals surface area contributed by atoms with Crippen molar-refractivity contribution in [3.05, 3.63) is 33.3 Å². The quantitative estimate of drug-likeness (QED) is 0.729. The Balaban J connectivity index is 2.35. The van der Waals surface area contributed by atoms with Crippen LogP contribution in [0.2, 0.25) is 0 Å². The lowest BCUT2D eigenvalue weighted by Gasteiger charge is -2.36. The van der Waals surface area contributed by atoms with Gasteiger partial charge < -0.3 is 4.90 Å². The maximum Gasteiger partial charge on any atom is 0.220 e. The summed E-state index contributed by atoms with van der Waals surface area (Å²) in [6.45, 7) is 0.763. The zero-order valence-electron chi connectivity index (χ0n) is 10.1. The summed E-state index contributed by atoms with van der Waals surface area (Å²) in [6, 6.07) is 6.96. The number of nitrogens with zero attached hydrogens (tertiary/aromatic N) is 2. The van der Waals surface area contributed by atoms with Crippen LogP contribution >= 0.6 is 15.9 Å². The van der Waals surface area contributed by atoms with Gasteiger partial charge in [-0.05, 0) is 37.5 Å². The number of nitriles is 1. The minimum atomic E-state index is -3.66. The third kappa shape index (κ3) is 1.80. The van der Waals surface area contributed by atoms with Crippen LogP contribution in [0.3, 0.4) is 0 Å². The molecule has 2 heterocycles. The van der Waals surface area contributed by atoms with E-state index in [4.69, 9.17) is 0 Å². The van der Waals surface area contributed by atoms with Crippen LogP contribution in [-0.4, -0.2) is 15.0 Å². The zero-order chi connectivity index (χ0) is 13.6. The number of hydrogen-bond acceptors (Lipinski definition) is 4. The Hall–Kier alpha value is -1.32. The molecular formula is C13H11BrN2O2S. The van der Waals surface area contributed by atoms with E-state index in [9.17, 15) is 13.7 Å². The molecule has 0 saturated carbocycles. The van der Waals surface area contributed by atoms with Crippen LogP contribution < -0.4 is 4.90 Å². The van der Waals surface area contributed by atoms with Gasteiger partial charge in [-0.15, -0.1) is 0 Å². The molecule has 0 bridgehead atoms. The van der Waals surface area contributed by atoms with Crippen molar-refractivity contribution in [2.75, 3.05) is 11.4 Å². The van der Waals surface area contributed by atoms with E-state index in [2.05, 4.69) is 15.9 Å². The predicted molar refractivity (Wildman–Crippen MR) is 75.2 cm³/mol. The van der Waals surface area contributed by atoms with Gasteiger partial charge in [-0.25, -0.2) is 8.42 Å². The lowest BCUT2D eigenvalue weighted by atomic mass is 10.1. The van der Waals surface area contributed by atoms with E-state index < -0.39 is 9.84 Å². The van der Waals surface area contributed by atoms with Crippen molar-refractivity contribution in [1.82, 2.24) is 0 Å². The van der Waals surface area contributed by atoms with Crippen molar-refractivity contribution in [2.45, 2.75) is 24.2 Å². The molecule has 1 saturated heterocycles. The van der Waals surface area contributed by atoms with E-state index >= 15 is 0 Å². The molecule has 0 amide bonds. The van der Waals surface area contributed by atoms with Crippen LogP contribution in [0.1, 0.15) is 19.3 Å². The van der Waals surface area contributed by atoms with E-state index in [0.717, 1.165) is 23.9 Å². The highest BCUT2D eigenvalue weighted by Gasteiger charge is 2.37. The monoisotopic (exact) mass is 338 g/mol. The highest BCUT2D eigenvalue weighted by molar-refractivity contribution is 9.10. The smallest absolute Gasteiger partial charge is 0.220 e. The maximum absolute atomic E-state index is 12.5. The van der Waals surface area contributed by atoms with E-state index in [1.807, 2.05) is 17.0 Å². The Kier molecular flexibility index (Phi) is 2.91. The second-order valence-electron chi connectivity index (χ2n) is 4.61. The summed E-state index contributed by atoms with van der Waals surface area (Å²) in [5.41, 5.74) is 1.34. The standard InChI is InChI=1S/C13H11BrN2O2S/c14-9-4-5-12-11(7-9)16-6-2-1-3-10(16)13(8-15)19(12,17)18/h4-5,7H,1-3,6H2. The van der Waals surface area contributed by atoms with Gasteiger partial charge in [0.25, 0.3) is 0 Å². The minimum absolute atomic E-state index is 0.0815. The molecule has 1 aromatic carbocycles. The number of allylic oxidation sites excluding steroid dienone is 2. The average Bonchev–Trinajstić information content (AvgIpc) is 2.38. The van der Waals surface area contributed by atoms with Crippen molar-refractivity contribution in [1.29, 1.82) is 5.26 Å². The molecule has 0 aliphatic carbocycles. The molecule has 3 rings (SSSR count). The molecule has 0 atom stereocenters. The number of anilines is 1. The maximum atomic E-state index is 12.5. The molecule has 0 N–H and O–H groups in total. The Morgan fingerprint density at radius 3 is 2.84 bits per heavy atom. The second-order valence-corrected chi connectivity index (χ2v) is 7.38. The Labute approximate surface area is 120 Å². The molecule has 1 aromatic rings. The van der Waals surface area contributed by atoms with Crippen molar-refractivity contribution < 1.29 is 8.42 Å². The highest BCUT2D eigenvalue weighted by atomic mass is 79.9. The molecule has 0 spiro atoms. The first-order chi connectivity index (χ1) is 9.05. The summed E-state index contributed by atoms with van der Waals surface area (Å²) in [4.78, 5) is 2.13. The first-order valence-electron chi connectivity index (χ1n) is 6.01. The second kappa shape index (κ2) is 4.36. The van der Waals surface area contributed by atoms with Crippen molar-refractivity contribution >= 4 is 31.5 Å². The van der Waals surface area contributed by atoms with E-state index in [-0.39, 0.29) is 9.80 Å². The number of benzene rings is 1. The first-order valence-corrected chi connectivity index (χ1v) is 8.29. The average molecular weight is 339 g/mol. The topological polar surface area (TPSA) is 61.2 Å². The summed E-state index contributed by atoms with van der Waals surface area (Å²) < 4.78 is 25.8. The summed E-state index contributed by atoms with van der Waals surface area (Å²) in [7, 11) is -3.66. The number of halogens is 1. The number of sulfone groups is 1. The van der Waals surface area contributed by atoms with Crippen LogP contribution in [0.5, 0.6) is 0 Å². The van der Waals surface area contributed by atoms with Crippen molar-refractivity contribution in [3.8, 4) is 6.07 Å². The molecule has 2 aliphatic heterocycles. The summed E-state index contributed by atoms with van der Waals surface area (Å²) in [5.74, 6) is 0. The fourth-order valence-corrected chi connectivity index (χ4v) is 4.56. The zero-order valence-corrected chi connectivity index (χ0v) is 12.5. The molecular weight excluding hydrogens is 328 g/mol. The van der Waals surface area contributed by atoms with Crippen molar-refractivity contribution in [2.24, 2.45) is 0 Å². The Morgan fingerprint density at radius 1 is 1.32 bits per heavy atom. The van der Waals surface area contributed by atoms with Gasteiger partial charge in [0.1, 0.15) is 6.07 Å². The third-order valence-electron chi connectivity index (χ3n) is 3.50. The van der Waals surface area contributed by atoms with Gasteiger partial charge in [-0.3, -0.25) is 0 Å². The van der Waals surface area contributed by atoms with Gasteiger partial charge in [0.15, 0.2) is 4.91 Å². The summed E-state index contributed by atoms with van der Waals surface area (Å²) >= 11 is 3.37. The van der Waals surface area contributed by atoms with Gasteiger partial charge in [0, 0.05) is 16.7 Å². The van der Waals surface area contributed by atoms with Gasteiger partial charge in [-0.1, -0.05) is 15.9 Å². The Morgan fingerprint density at radius 2 is 2.11 bits per heavy atom. The van der Waals surface area contributed by atoms with Gasteiger partial charge in [0.05, 0.1) is 10.6 Å². The number of rotatable bonds is 0. The third-order valence-corrected chi connectivity index (χ3v) is 5.79. The van der Waals surface area contributed by atoms with Crippen molar-refractivity contribution in [3.63, 3.8) is 0 Å². The molecule has 0 unspecified atom stereocenters. The predicted octanol–water partition coefficient (Wildman–Crippen LogP) is 2.96. The lowest BCUT2D eigenvalue weighted by molar-refractivity contribution is 0.590. The minimum Gasteiger partial charge on any atom is -0.342 e. The Bertz CT molecular complexity index is 732. The SMILES string of the molecule is N#CC1=C2CCCCN2c2cc(Br)ccc2S1(=O)=O. The summed E-state index contributed by atoms with van der Waals surface area (Å²) in [5, 5.41) is 9.22. The normalized spacial score (nSPS) is 20.5. The molecule has 98 valence electrons. The molecule has 19 heavy (non-hydrogen) atoms. The van der Waals surface area contributed by atoms with Crippen LogP contribution in [0.25, 0.3) is 0 Å². The molecule has 0 radical (unpaired) electrons. The number of hydrogen-bond donors (Lipinski definition) is 0. The molecule has 1 fully saturated rings. The number of fused-ring (bicyclic) bond motifs is 3. The van der Waals surface area contributed by atoms with E-state index in [1.165, 1.54) is 0 Å². The molecule has 6 heteroatoms. The molecule has 4 nitrogen and oxygen atoms in total. The van der Waals surface area contributed by atoms with Gasteiger partial charge >= 0.3 is 0 Å². The fraction of sp³-hybridized carbons (Fsp3) is 0.308. The van der Waals surface area contributed by atoms with Gasteiger partial charge in [0.2, 0.25) is 9.84 Å². The number of piperidine rings is 1. The fourth-order valence-electron chi connectivity index (χ4n) is 2.65. The van der Waals surface area contributed by atoms with Gasteiger partial charge in [-0.2, -0.15) is 5.26 Å². The van der Waals surface area contributed by atoms with Crippen LogP contribution in [0.4, 0.5) is 5.69 Å². The highest BCUT2D eigenvalue weighted by Crippen LogP contribution is 2.43.